The minimum absolute atomic E-state index is 0.194. The molecular weight excluding hydrogens is 423 g/mol. The van der Waals surface area contributed by atoms with E-state index in [4.69, 9.17) is 27.9 Å². The zero-order valence-corrected chi connectivity index (χ0v) is 17.3. The molecule has 9 heteroatoms. The molecule has 2 aromatic rings. The molecule has 1 N–H and O–H groups in total. The summed E-state index contributed by atoms with van der Waals surface area (Å²) in [6.45, 7) is 1.96. The van der Waals surface area contributed by atoms with Crippen LogP contribution in [0.5, 0.6) is 0 Å². The van der Waals surface area contributed by atoms with E-state index in [1.54, 1.807) is 18.2 Å². The molecule has 0 saturated carbocycles. The predicted octanol–water partition coefficient (Wildman–Crippen LogP) is 4.23. The summed E-state index contributed by atoms with van der Waals surface area (Å²) in [5.41, 5.74) is 0.403. The second kappa shape index (κ2) is 8.94. The normalized spacial score (nSPS) is 17.2. The number of ether oxygens (including phenoxy) is 1. The van der Waals surface area contributed by atoms with E-state index in [9.17, 15) is 14.4 Å². The molecule has 0 spiro atoms. The predicted molar refractivity (Wildman–Crippen MR) is 109 cm³/mol. The number of amides is 2. The average molecular weight is 441 g/mol. The fourth-order valence-electron chi connectivity index (χ4n) is 2.97. The Balaban J connectivity index is 1.61. The third-order valence-electron chi connectivity index (χ3n) is 4.31. The van der Waals surface area contributed by atoms with E-state index in [1.807, 2.05) is 5.38 Å². The highest BCUT2D eigenvalue weighted by Gasteiger charge is 2.37. The number of esters is 1. The Labute approximate surface area is 176 Å². The second-order valence-electron chi connectivity index (χ2n) is 6.36. The van der Waals surface area contributed by atoms with Crippen LogP contribution in [0.1, 0.15) is 29.4 Å². The lowest BCUT2D eigenvalue weighted by molar-refractivity contribution is -0.156. The number of carbonyl (C=O) groups excluding carboxylic acids is 3. The van der Waals surface area contributed by atoms with Gasteiger partial charge >= 0.3 is 5.97 Å². The van der Waals surface area contributed by atoms with Crippen molar-refractivity contribution in [1.29, 1.82) is 0 Å². The molecule has 1 aromatic heterocycles. The number of nitrogens with zero attached hydrogens (tertiary/aromatic N) is 1. The van der Waals surface area contributed by atoms with Gasteiger partial charge in [0.05, 0.1) is 4.88 Å². The van der Waals surface area contributed by atoms with Crippen LogP contribution in [0, 0.1) is 0 Å². The molecule has 1 saturated heterocycles. The van der Waals surface area contributed by atoms with Gasteiger partial charge < -0.3 is 15.0 Å². The van der Waals surface area contributed by atoms with Crippen molar-refractivity contribution in [2.75, 3.05) is 11.9 Å². The van der Waals surface area contributed by atoms with Crippen LogP contribution in [-0.4, -0.2) is 41.4 Å². The van der Waals surface area contributed by atoms with Gasteiger partial charge in [0, 0.05) is 22.3 Å². The molecule has 148 valence electrons. The lowest BCUT2D eigenvalue weighted by Gasteiger charge is -2.24. The Bertz CT molecular complexity index is 868. The fourth-order valence-corrected chi connectivity index (χ4v) is 4.18. The van der Waals surface area contributed by atoms with E-state index >= 15 is 0 Å². The summed E-state index contributed by atoms with van der Waals surface area (Å²) in [6, 6.07) is 7.44. The number of halogens is 2. The first-order valence-electron chi connectivity index (χ1n) is 8.67. The number of carbonyl (C=O) groups is 3. The lowest BCUT2D eigenvalue weighted by atomic mass is 10.2. The summed E-state index contributed by atoms with van der Waals surface area (Å²) in [4.78, 5) is 39.6. The van der Waals surface area contributed by atoms with Crippen LogP contribution in [0.2, 0.25) is 10.0 Å². The topological polar surface area (TPSA) is 75.7 Å². The molecule has 0 radical (unpaired) electrons. The first kappa shape index (κ1) is 20.6. The number of likely N-dealkylation sites (tertiary alicyclic amines) is 1. The SMILES string of the molecule is C[C@@H](OC(=O)[C@H]1CCCN1C(=O)c1cccs1)C(=O)Nc1cc(Cl)cc(Cl)c1. The molecule has 2 atom stereocenters. The van der Waals surface area contributed by atoms with Gasteiger partial charge in [0.1, 0.15) is 6.04 Å². The number of anilines is 1. The summed E-state index contributed by atoms with van der Waals surface area (Å²) in [5.74, 6) is -1.30. The van der Waals surface area contributed by atoms with E-state index in [2.05, 4.69) is 5.32 Å². The van der Waals surface area contributed by atoms with Gasteiger partial charge in [0.2, 0.25) is 0 Å². The van der Waals surface area contributed by atoms with Crippen LogP contribution in [0.3, 0.4) is 0 Å². The monoisotopic (exact) mass is 440 g/mol. The molecular formula is C19H18Cl2N2O4S. The number of hydrogen-bond donors (Lipinski definition) is 1. The number of nitrogens with one attached hydrogen (secondary N) is 1. The summed E-state index contributed by atoms with van der Waals surface area (Å²) in [7, 11) is 0. The van der Waals surface area contributed by atoms with Crippen LogP contribution >= 0.6 is 34.5 Å². The molecule has 1 aliphatic rings. The molecule has 1 fully saturated rings. The largest absolute Gasteiger partial charge is 0.451 e. The maximum absolute atomic E-state index is 12.6. The minimum atomic E-state index is -1.04. The number of hydrogen-bond acceptors (Lipinski definition) is 5. The van der Waals surface area contributed by atoms with Crippen molar-refractivity contribution in [3.05, 3.63) is 50.6 Å². The zero-order valence-electron chi connectivity index (χ0n) is 15.0. The molecule has 28 heavy (non-hydrogen) atoms. The summed E-state index contributed by atoms with van der Waals surface area (Å²) >= 11 is 13.2. The Morgan fingerprint density at radius 1 is 1.25 bits per heavy atom. The molecule has 0 aliphatic carbocycles. The van der Waals surface area contributed by atoms with Crippen LogP contribution in [0.4, 0.5) is 5.69 Å². The molecule has 2 heterocycles. The molecule has 3 rings (SSSR count). The Morgan fingerprint density at radius 2 is 1.96 bits per heavy atom. The number of thiophene rings is 1. The average Bonchev–Trinajstić information content (AvgIpc) is 3.32. The highest BCUT2D eigenvalue weighted by molar-refractivity contribution is 7.12. The zero-order chi connectivity index (χ0) is 20.3. The molecule has 1 aliphatic heterocycles. The quantitative estimate of drug-likeness (QED) is 0.705. The summed E-state index contributed by atoms with van der Waals surface area (Å²) < 4.78 is 5.32. The molecule has 0 bridgehead atoms. The minimum Gasteiger partial charge on any atom is -0.451 e. The fraction of sp³-hybridized carbons (Fsp3) is 0.316. The van der Waals surface area contributed by atoms with E-state index < -0.39 is 24.0 Å². The van der Waals surface area contributed by atoms with Gasteiger partial charge in [-0.25, -0.2) is 4.79 Å². The Kier molecular flexibility index (Phi) is 6.59. The van der Waals surface area contributed by atoms with E-state index in [-0.39, 0.29) is 5.91 Å². The lowest BCUT2D eigenvalue weighted by Crippen LogP contribution is -2.43. The summed E-state index contributed by atoms with van der Waals surface area (Å²) in [6.07, 6.45) is 0.177. The van der Waals surface area contributed by atoms with Gasteiger partial charge in [-0.15, -0.1) is 11.3 Å². The van der Waals surface area contributed by atoms with Crippen molar-refractivity contribution in [1.82, 2.24) is 4.90 Å². The Morgan fingerprint density at radius 3 is 2.61 bits per heavy atom. The smallest absolute Gasteiger partial charge is 0.329 e. The van der Waals surface area contributed by atoms with E-state index in [0.717, 1.165) is 0 Å². The molecule has 2 amide bonds. The van der Waals surface area contributed by atoms with Crippen LogP contribution in [-0.2, 0) is 14.3 Å². The number of benzene rings is 1. The maximum atomic E-state index is 12.6. The summed E-state index contributed by atoms with van der Waals surface area (Å²) in [5, 5.41) is 5.17. The van der Waals surface area contributed by atoms with Gasteiger partial charge in [0.25, 0.3) is 11.8 Å². The molecule has 0 unspecified atom stereocenters. The van der Waals surface area contributed by atoms with Gasteiger partial charge in [-0.1, -0.05) is 29.3 Å². The second-order valence-corrected chi connectivity index (χ2v) is 8.18. The first-order chi connectivity index (χ1) is 13.3. The third kappa shape index (κ3) is 4.84. The van der Waals surface area contributed by atoms with Crippen molar-refractivity contribution in [2.24, 2.45) is 0 Å². The molecule has 6 nitrogen and oxygen atoms in total. The van der Waals surface area contributed by atoms with Gasteiger partial charge in [0.15, 0.2) is 6.10 Å². The third-order valence-corrected chi connectivity index (χ3v) is 5.60. The van der Waals surface area contributed by atoms with E-state index in [1.165, 1.54) is 35.3 Å². The maximum Gasteiger partial charge on any atom is 0.329 e. The van der Waals surface area contributed by atoms with E-state index in [0.29, 0.717) is 40.0 Å². The highest BCUT2D eigenvalue weighted by Crippen LogP contribution is 2.25. The van der Waals surface area contributed by atoms with Crippen molar-refractivity contribution >= 4 is 58.0 Å². The van der Waals surface area contributed by atoms with Crippen LogP contribution in [0.25, 0.3) is 0 Å². The van der Waals surface area contributed by atoms with Gasteiger partial charge in [-0.05, 0) is 49.4 Å². The van der Waals surface area contributed by atoms with Crippen molar-refractivity contribution in [2.45, 2.75) is 31.9 Å². The van der Waals surface area contributed by atoms with Crippen LogP contribution in [0.15, 0.2) is 35.7 Å². The standard InChI is InChI=1S/C19H18Cl2N2O4S/c1-11(17(24)22-14-9-12(20)8-13(21)10-14)27-19(26)15-4-2-6-23(15)18(25)16-5-3-7-28-16/h3,5,7-11,15H,2,4,6H2,1H3,(H,22,24)/t11-,15-/m1/s1. The number of rotatable bonds is 5. The van der Waals surface area contributed by atoms with Crippen LogP contribution < -0.4 is 5.32 Å². The van der Waals surface area contributed by atoms with Gasteiger partial charge in [-0.2, -0.15) is 0 Å². The highest BCUT2D eigenvalue weighted by atomic mass is 35.5. The van der Waals surface area contributed by atoms with Crippen molar-refractivity contribution in [3.63, 3.8) is 0 Å². The van der Waals surface area contributed by atoms with Crippen molar-refractivity contribution in [3.8, 4) is 0 Å². The Hall–Kier alpha value is -2.09. The molecule has 1 aromatic carbocycles. The first-order valence-corrected chi connectivity index (χ1v) is 10.3. The van der Waals surface area contributed by atoms with Gasteiger partial charge in [-0.3, -0.25) is 9.59 Å². The van der Waals surface area contributed by atoms with Crippen molar-refractivity contribution < 1.29 is 19.1 Å².